The van der Waals surface area contributed by atoms with Crippen molar-refractivity contribution in [3.63, 3.8) is 0 Å². The van der Waals surface area contributed by atoms with Gasteiger partial charge in [0, 0.05) is 28.9 Å². The number of rotatable bonds is 3. The number of carbonyl (C=O) groups is 2. The summed E-state index contributed by atoms with van der Waals surface area (Å²) in [6.07, 6.45) is 1.86. The molecule has 0 atom stereocenters. The highest BCUT2D eigenvalue weighted by molar-refractivity contribution is 6.36. The molecule has 0 saturated carbocycles. The van der Waals surface area contributed by atoms with E-state index < -0.39 is 0 Å². The largest absolute Gasteiger partial charge is 0.322 e. The van der Waals surface area contributed by atoms with Crippen molar-refractivity contribution in [3.05, 3.63) is 57.6 Å². The second-order valence-electron chi connectivity index (χ2n) is 6.67. The van der Waals surface area contributed by atoms with E-state index in [9.17, 15) is 9.59 Å². The van der Waals surface area contributed by atoms with Gasteiger partial charge in [-0.25, -0.2) is 0 Å². The zero-order chi connectivity index (χ0) is 18.8. The lowest BCUT2D eigenvalue weighted by Gasteiger charge is -2.31. The van der Waals surface area contributed by atoms with Gasteiger partial charge in [0.2, 0.25) is 5.91 Å². The topological polar surface area (TPSA) is 49.4 Å². The number of aryl methyl sites for hydroxylation is 1. The summed E-state index contributed by atoms with van der Waals surface area (Å²) in [7, 11) is 0. The number of nitrogens with one attached hydrogen (secondary N) is 1. The van der Waals surface area contributed by atoms with Gasteiger partial charge in [0.25, 0.3) is 5.91 Å². The van der Waals surface area contributed by atoms with Crippen molar-refractivity contribution < 1.29 is 9.59 Å². The van der Waals surface area contributed by atoms with E-state index in [1.54, 1.807) is 12.1 Å². The van der Waals surface area contributed by atoms with Crippen LogP contribution in [-0.4, -0.2) is 18.4 Å². The van der Waals surface area contributed by atoms with Gasteiger partial charge in [0.1, 0.15) is 0 Å². The summed E-state index contributed by atoms with van der Waals surface area (Å²) in [4.78, 5) is 26.9. The predicted molar refractivity (Wildman–Crippen MR) is 106 cm³/mol. The van der Waals surface area contributed by atoms with Crippen LogP contribution in [-0.2, 0) is 11.2 Å². The third-order valence-corrected chi connectivity index (χ3v) is 4.96. The minimum atomic E-state index is -0.338. The Balaban J connectivity index is 1.88. The third-order valence-electron chi connectivity index (χ3n) is 4.39. The number of nitrogens with zero attached hydrogens (tertiary/aromatic N) is 1. The van der Waals surface area contributed by atoms with Crippen molar-refractivity contribution in [3.8, 4) is 0 Å². The van der Waals surface area contributed by atoms with Crippen LogP contribution in [0.4, 0.5) is 11.4 Å². The normalized spacial score (nSPS) is 13.5. The number of fused-ring (bicyclic) bond motifs is 1. The molecule has 2 aromatic rings. The van der Waals surface area contributed by atoms with Crippen LogP contribution in [0, 0.1) is 5.92 Å². The van der Waals surface area contributed by atoms with E-state index in [2.05, 4.69) is 5.32 Å². The number of halogens is 2. The van der Waals surface area contributed by atoms with E-state index in [0.717, 1.165) is 24.1 Å². The van der Waals surface area contributed by atoms with Gasteiger partial charge in [-0.05, 0) is 48.7 Å². The molecule has 0 aliphatic carbocycles. The highest BCUT2D eigenvalue weighted by Gasteiger charge is 2.25. The Morgan fingerprint density at radius 2 is 1.88 bits per heavy atom. The molecule has 3 rings (SSSR count). The molecule has 0 fully saturated rings. The highest BCUT2D eigenvalue weighted by atomic mass is 35.5. The fraction of sp³-hybridized carbons (Fsp3) is 0.300. The van der Waals surface area contributed by atoms with Crippen LogP contribution in [0.2, 0.25) is 10.0 Å². The van der Waals surface area contributed by atoms with Crippen molar-refractivity contribution in [1.82, 2.24) is 0 Å². The van der Waals surface area contributed by atoms with E-state index in [1.165, 1.54) is 6.07 Å². The minimum Gasteiger partial charge on any atom is -0.322 e. The lowest BCUT2D eigenvalue weighted by Crippen LogP contribution is -2.38. The molecule has 0 aromatic heterocycles. The van der Waals surface area contributed by atoms with Gasteiger partial charge in [-0.15, -0.1) is 0 Å². The second kappa shape index (κ2) is 7.68. The molecule has 6 heteroatoms. The monoisotopic (exact) mass is 390 g/mol. The summed E-state index contributed by atoms with van der Waals surface area (Å²) in [6, 6.07) is 10.4. The number of amides is 2. The fourth-order valence-corrected chi connectivity index (χ4v) is 3.44. The third kappa shape index (κ3) is 3.87. The molecule has 2 amide bonds. The first kappa shape index (κ1) is 18.7. The van der Waals surface area contributed by atoms with Crippen molar-refractivity contribution in [2.45, 2.75) is 26.7 Å². The Hall–Kier alpha value is -2.04. The van der Waals surface area contributed by atoms with Crippen LogP contribution in [0.5, 0.6) is 0 Å². The van der Waals surface area contributed by atoms with E-state index in [1.807, 2.05) is 36.9 Å². The highest BCUT2D eigenvalue weighted by Crippen LogP contribution is 2.31. The predicted octanol–water partition coefficient (Wildman–Crippen LogP) is 5.18. The zero-order valence-electron chi connectivity index (χ0n) is 14.7. The summed E-state index contributed by atoms with van der Waals surface area (Å²) in [5.41, 5.74) is 2.91. The molecule has 0 unspecified atom stereocenters. The Morgan fingerprint density at radius 1 is 1.12 bits per heavy atom. The van der Waals surface area contributed by atoms with Crippen LogP contribution >= 0.6 is 23.2 Å². The fourth-order valence-electron chi connectivity index (χ4n) is 3.06. The molecule has 0 bridgehead atoms. The Bertz CT molecular complexity index is 865. The standard InChI is InChI=1S/C20H20Cl2N2O2/c1-12(2)20(26)24-9-3-4-13-5-7-15(11-18(13)24)23-19(25)16-10-14(21)6-8-17(16)22/h5-8,10-12H,3-4,9H2,1-2H3,(H,23,25). The van der Waals surface area contributed by atoms with Crippen LogP contribution < -0.4 is 10.2 Å². The second-order valence-corrected chi connectivity index (χ2v) is 7.51. The van der Waals surface area contributed by atoms with Gasteiger partial charge in [-0.1, -0.05) is 43.1 Å². The van der Waals surface area contributed by atoms with Gasteiger partial charge in [0.15, 0.2) is 0 Å². The molecule has 26 heavy (non-hydrogen) atoms. The molecule has 1 heterocycles. The quantitative estimate of drug-likeness (QED) is 0.784. The van der Waals surface area contributed by atoms with Gasteiger partial charge in [0.05, 0.1) is 10.6 Å². The number of benzene rings is 2. The summed E-state index contributed by atoms with van der Waals surface area (Å²) >= 11 is 12.1. The summed E-state index contributed by atoms with van der Waals surface area (Å²) in [5.74, 6) is -0.327. The van der Waals surface area contributed by atoms with Gasteiger partial charge in [-0.2, -0.15) is 0 Å². The molecule has 2 aromatic carbocycles. The Labute approximate surface area is 163 Å². The van der Waals surface area contributed by atoms with E-state index in [0.29, 0.717) is 27.8 Å². The van der Waals surface area contributed by atoms with Crippen molar-refractivity contribution in [2.75, 3.05) is 16.8 Å². The van der Waals surface area contributed by atoms with Crippen molar-refractivity contribution in [2.24, 2.45) is 5.92 Å². The number of hydrogen-bond acceptors (Lipinski definition) is 2. The SMILES string of the molecule is CC(C)C(=O)N1CCCc2ccc(NC(=O)c3cc(Cl)ccc3Cl)cc21. The minimum absolute atomic E-state index is 0.0792. The molecule has 0 saturated heterocycles. The zero-order valence-corrected chi connectivity index (χ0v) is 16.2. The maximum atomic E-state index is 12.5. The van der Waals surface area contributed by atoms with E-state index in [-0.39, 0.29) is 17.7 Å². The number of anilines is 2. The smallest absolute Gasteiger partial charge is 0.257 e. The van der Waals surface area contributed by atoms with Gasteiger partial charge >= 0.3 is 0 Å². The molecule has 1 aliphatic rings. The van der Waals surface area contributed by atoms with Crippen LogP contribution in [0.25, 0.3) is 0 Å². The number of hydrogen-bond donors (Lipinski definition) is 1. The maximum Gasteiger partial charge on any atom is 0.257 e. The maximum absolute atomic E-state index is 12.5. The summed E-state index contributed by atoms with van der Waals surface area (Å²) in [6.45, 7) is 4.48. The first-order valence-electron chi connectivity index (χ1n) is 8.57. The van der Waals surface area contributed by atoms with Crippen molar-refractivity contribution in [1.29, 1.82) is 0 Å². The first-order chi connectivity index (χ1) is 12.4. The summed E-state index contributed by atoms with van der Waals surface area (Å²) in [5, 5.41) is 3.62. The Morgan fingerprint density at radius 3 is 2.62 bits per heavy atom. The van der Waals surface area contributed by atoms with E-state index >= 15 is 0 Å². The average molecular weight is 391 g/mol. The van der Waals surface area contributed by atoms with Gasteiger partial charge in [-0.3, -0.25) is 9.59 Å². The average Bonchev–Trinajstić information content (AvgIpc) is 2.62. The van der Waals surface area contributed by atoms with Crippen LogP contribution in [0.1, 0.15) is 36.2 Å². The molecular weight excluding hydrogens is 371 g/mol. The lowest BCUT2D eigenvalue weighted by molar-refractivity contribution is -0.121. The van der Waals surface area contributed by atoms with Gasteiger partial charge < -0.3 is 10.2 Å². The van der Waals surface area contributed by atoms with E-state index in [4.69, 9.17) is 23.2 Å². The molecule has 1 aliphatic heterocycles. The molecule has 136 valence electrons. The van der Waals surface area contributed by atoms with Crippen LogP contribution in [0.15, 0.2) is 36.4 Å². The van der Waals surface area contributed by atoms with Crippen molar-refractivity contribution >= 4 is 46.4 Å². The molecular formula is C20H20Cl2N2O2. The summed E-state index contributed by atoms with van der Waals surface area (Å²) < 4.78 is 0. The molecule has 4 nitrogen and oxygen atoms in total. The first-order valence-corrected chi connectivity index (χ1v) is 9.33. The Kier molecular flexibility index (Phi) is 5.54. The molecule has 0 spiro atoms. The molecule has 0 radical (unpaired) electrons. The number of carbonyl (C=O) groups excluding carboxylic acids is 2. The van der Waals surface area contributed by atoms with Crippen LogP contribution in [0.3, 0.4) is 0 Å². The lowest BCUT2D eigenvalue weighted by atomic mass is 9.99. The molecule has 1 N–H and O–H groups in total.